The molecule has 0 aliphatic heterocycles. The molecule has 0 amide bonds. The van der Waals surface area contributed by atoms with Crippen LogP contribution in [0.1, 0.15) is 125 Å². The third-order valence-electron chi connectivity index (χ3n) is 8.23. The van der Waals surface area contributed by atoms with Gasteiger partial charge in [-0.1, -0.05) is 0 Å². The zero-order chi connectivity index (χ0) is 24.9. The van der Waals surface area contributed by atoms with Gasteiger partial charge in [-0.05, 0) is 0 Å². The van der Waals surface area contributed by atoms with Crippen LogP contribution in [0.3, 0.4) is 0 Å². The number of benzene rings is 2. The Morgan fingerprint density at radius 2 is 1.29 bits per heavy atom. The second-order valence-electron chi connectivity index (χ2n) is 11.5. The van der Waals surface area contributed by atoms with Crippen LogP contribution in [0.4, 0.5) is 0 Å². The van der Waals surface area contributed by atoms with E-state index in [0.29, 0.717) is 17.8 Å². The van der Waals surface area contributed by atoms with E-state index in [-0.39, 0.29) is 7.25 Å². The monoisotopic (exact) mass is 573 g/mol. The first-order valence-electron chi connectivity index (χ1n) is 13.2. The molecule has 2 aromatic carbocycles. The maximum absolute atomic E-state index is 8.15. The SMILES string of the molecule is CCC[CH2][Zr]([Cl])([Cl])([CH]1C=Cc2c(C(C)C)cccc21)[CH]1C=Cc2c(C(C)C)ccc(C(C)C)c21. The van der Waals surface area contributed by atoms with Crippen LogP contribution in [0.5, 0.6) is 0 Å². The van der Waals surface area contributed by atoms with E-state index < -0.39 is 16.4 Å². The molecule has 0 fully saturated rings. The van der Waals surface area contributed by atoms with Crippen LogP contribution in [-0.2, 0) is 16.4 Å². The van der Waals surface area contributed by atoms with Crippen molar-refractivity contribution in [2.24, 2.45) is 0 Å². The van der Waals surface area contributed by atoms with Gasteiger partial charge in [-0.25, -0.2) is 0 Å². The van der Waals surface area contributed by atoms with Gasteiger partial charge in [0.05, 0.1) is 0 Å². The summed E-state index contributed by atoms with van der Waals surface area (Å²) in [4.78, 5) is 0. The molecule has 4 rings (SSSR count). The van der Waals surface area contributed by atoms with Crippen LogP contribution in [0.2, 0.25) is 4.13 Å². The van der Waals surface area contributed by atoms with E-state index >= 15 is 0 Å². The van der Waals surface area contributed by atoms with E-state index in [2.05, 4.69) is 103 Å². The molecule has 0 saturated heterocycles. The molecule has 0 heterocycles. The molecule has 0 bridgehead atoms. The van der Waals surface area contributed by atoms with E-state index in [0.717, 1.165) is 17.0 Å². The first kappa shape index (κ1) is 26.4. The minimum absolute atomic E-state index is 0.144. The number of halogens is 2. The summed E-state index contributed by atoms with van der Waals surface area (Å²) in [6, 6.07) is 11.5. The van der Waals surface area contributed by atoms with Crippen LogP contribution in [-0.4, -0.2) is 0 Å². The molecule has 2 aliphatic rings. The zero-order valence-corrected chi connectivity index (χ0v) is 25.9. The number of fused-ring (bicyclic) bond motifs is 2. The molecule has 0 spiro atoms. The van der Waals surface area contributed by atoms with Crippen LogP contribution < -0.4 is 0 Å². The summed E-state index contributed by atoms with van der Waals surface area (Å²) in [5, 5.41) is 0. The average molecular weight is 576 g/mol. The Morgan fingerprint density at radius 1 is 0.735 bits per heavy atom. The maximum atomic E-state index is 8.15. The number of hydrogen-bond donors (Lipinski definition) is 0. The van der Waals surface area contributed by atoms with E-state index in [1.54, 1.807) is 0 Å². The first-order chi connectivity index (χ1) is 16.0. The molecule has 2 aromatic rings. The fourth-order valence-electron chi connectivity index (χ4n) is 6.39. The van der Waals surface area contributed by atoms with Gasteiger partial charge in [0, 0.05) is 0 Å². The molecule has 2 unspecified atom stereocenters. The van der Waals surface area contributed by atoms with Crippen molar-refractivity contribution in [1.29, 1.82) is 0 Å². The molecule has 183 valence electrons. The summed E-state index contributed by atoms with van der Waals surface area (Å²) in [5.41, 5.74) is 9.81. The van der Waals surface area contributed by atoms with Crippen molar-refractivity contribution in [3.8, 4) is 0 Å². The van der Waals surface area contributed by atoms with Crippen molar-refractivity contribution < 1.29 is 16.4 Å². The van der Waals surface area contributed by atoms with E-state index in [1.165, 1.54) is 38.9 Å². The molecule has 0 aromatic heterocycles. The Balaban J connectivity index is 1.95. The Bertz CT molecular complexity index is 1140. The molecule has 0 nitrogen and oxygen atoms in total. The van der Waals surface area contributed by atoms with Crippen molar-refractivity contribution >= 4 is 29.2 Å². The summed E-state index contributed by atoms with van der Waals surface area (Å²) in [7, 11) is 16.3. The summed E-state index contributed by atoms with van der Waals surface area (Å²) >= 11 is -4.52. The van der Waals surface area contributed by atoms with Crippen molar-refractivity contribution in [2.45, 2.75) is 90.4 Å². The van der Waals surface area contributed by atoms with Crippen molar-refractivity contribution in [3.63, 3.8) is 0 Å². The number of unbranched alkanes of at least 4 members (excludes halogenated alkanes) is 1. The second-order valence-corrected chi connectivity index (χ2v) is 34.1. The number of allylic oxidation sites excluding steroid dienone is 2. The molecular formula is C31H41Cl2Zr. The summed E-state index contributed by atoms with van der Waals surface area (Å²) in [6.45, 7) is 16.0. The fraction of sp³-hybridized carbons (Fsp3) is 0.484. The van der Waals surface area contributed by atoms with E-state index in [9.17, 15) is 0 Å². The molecule has 0 N–H and O–H groups in total. The van der Waals surface area contributed by atoms with Crippen molar-refractivity contribution in [3.05, 3.63) is 81.4 Å². The third kappa shape index (κ3) is 4.27. The Morgan fingerprint density at radius 3 is 1.91 bits per heavy atom. The third-order valence-corrected chi connectivity index (χ3v) is 27.9. The van der Waals surface area contributed by atoms with Crippen LogP contribution >= 0.6 is 17.0 Å². The van der Waals surface area contributed by atoms with Gasteiger partial charge in [0.25, 0.3) is 0 Å². The topological polar surface area (TPSA) is 0 Å². The predicted octanol–water partition coefficient (Wildman–Crippen LogP) is 11.1. The number of rotatable bonds is 8. The normalized spacial score (nSPS) is 20.3. The molecule has 0 radical (unpaired) electrons. The van der Waals surface area contributed by atoms with Crippen molar-refractivity contribution in [2.75, 3.05) is 0 Å². The summed E-state index contributed by atoms with van der Waals surface area (Å²) in [5.74, 6) is 1.39. The van der Waals surface area contributed by atoms with Gasteiger partial charge >= 0.3 is 217 Å². The summed E-state index contributed by atoms with van der Waals surface area (Å²) in [6.07, 6.45) is 11.7. The molecule has 34 heavy (non-hydrogen) atoms. The van der Waals surface area contributed by atoms with Crippen LogP contribution in [0.25, 0.3) is 12.2 Å². The standard InChI is InChI=1S/C15H19.C12H13.C4H9.2ClH.Zr/c1-10(2)12-8-9-13(11(3)4)15-7-5-6-14(12)15;1-9(2)11-7-3-5-10-6-4-8-12(10)11;1-3-4-2;;;/h5-11H,1-4H3;3-9H,1-2H3;1,3-4H2,2H3;2*1H;/q;;;;;+2/p-2. The Hall–Kier alpha value is -0.617. The molecule has 2 atom stereocenters. The average Bonchev–Trinajstić information content (AvgIpc) is 3.42. The molecule has 3 heteroatoms. The van der Waals surface area contributed by atoms with Crippen LogP contribution in [0.15, 0.2) is 42.5 Å². The van der Waals surface area contributed by atoms with E-state index in [4.69, 9.17) is 17.0 Å². The summed E-state index contributed by atoms with van der Waals surface area (Å²) < 4.78 is 1.25. The van der Waals surface area contributed by atoms with Gasteiger partial charge in [0.15, 0.2) is 0 Å². The van der Waals surface area contributed by atoms with E-state index in [1.807, 2.05) is 0 Å². The zero-order valence-electron chi connectivity index (χ0n) is 22.0. The quantitative estimate of drug-likeness (QED) is 0.294. The van der Waals surface area contributed by atoms with Gasteiger partial charge in [0.1, 0.15) is 0 Å². The predicted molar refractivity (Wildman–Crippen MR) is 150 cm³/mol. The number of hydrogen-bond acceptors (Lipinski definition) is 0. The first-order valence-corrected chi connectivity index (χ1v) is 24.1. The minimum atomic E-state index is -4.52. The van der Waals surface area contributed by atoms with Crippen LogP contribution in [0, 0.1) is 0 Å². The van der Waals surface area contributed by atoms with Gasteiger partial charge in [-0.3, -0.25) is 0 Å². The van der Waals surface area contributed by atoms with Gasteiger partial charge < -0.3 is 0 Å². The van der Waals surface area contributed by atoms with Gasteiger partial charge in [-0.15, -0.1) is 0 Å². The second kappa shape index (κ2) is 9.69. The Labute approximate surface area is 216 Å². The molecule has 0 saturated carbocycles. The van der Waals surface area contributed by atoms with Crippen molar-refractivity contribution in [1.82, 2.24) is 0 Å². The van der Waals surface area contributed by atoms with Gasteiger partial charge in [-0.2, -0.15) is 0 Å². The van der Waals surface area contributed by atoms with Gasteiger partial charge in [0.2, 0.25) is 0 Å². The molecule has 2 aliphatic carbocycles. The molecular weight excluding hydrogens is 534 g/mol. The Kier molecular flexibility index (Phi) is 7.53. The fourth-order valence-corrected chi connectivity index (χ4v) is 24.2.